The standard InChI is InChI=1S/C13H17Br2NO2/c1-8-6-11(15)9(7-10(8)14)12(16)4-3-5-13(17)18-2/h6-7,12H,3-5,16H2,1-2H3. The van der Waals surface area contributed by atoms with Crippen molar-refractivity contribution in [3.05, 3.63) is 32.2 Å². The number of halogens is 2. The van der Waals surface area contributed by atoms with Crippen molar-refractivity contribution in [2.24, 2.45) is 5.73 Å². The molecule has 0 spiro atoms. The highest BCUT2D eigenvalue weighted by Gasteiger charge is 2.12. The van der Waals surface area contributed by atoms with E-state index in [1.807, 2.05) is 19.1 Å². The van der Waals surface area contributed by atoms with Gasteiger partial charge < -0.3 is 10.5 Å². The number of esters is 1. The topological polar surface area (TPSA) is 52.3 Å². The highest BCUT2D eigenvalue weighted by molar-refractivity contribution is 9.11. The van der Waals surface area contributed by atoms with Crippen molar-refractivity contribution in [3.8, 4) is 0 Å². The Morgan fingerprint density at radius 2 is 2.06 bits per heavy atom. The maximum Gasteiger partial charge on any atom is 0.305 e. The number of nitrogens with two attached hydrogens (primary N) is 1. The Morgan fingerprint density at radius 1 is 1.39 bits per heavy atom. The fourth-order valence-electron chi connectivity index (χ4n) is 1.67. The summed E-state index contributed by atoms with van der Waals surface area (Å²) in [6, 6.07) is 3.99. The van der Waals surface area contributed by atoms with E-state index in [9.17, 15) is 4.79 Å². The van der Waals surface area contributed by atoms with E-state index in [1.54, 1.807) is 0 Å². The van der Waals surface area contributed by atoms with Crippen LogP contribution in [0.15, 0.2) is 21.1 Å². The number of carbonyl (C=O) groups excluding carboxylic acids is 1. The SMILES string of the molecule is COC(=O)CCCC(N)c1cc(Br)c(C)cc1Br. The second-order valence-corrected chi connectivity index (χ2v) is 5.91. The molecule has 0 aliphatic heterocycles. The summed E-state index contributed by atoms with van der Waals surface area (Å²) in [7, 11) is 1.40. The molecule has 1 aromatic rings. The number of methoxy groups -OCH3 is 1. The van der Waals surface area contributed by atoms with Gasteiger partial charge in [-0.25, -0.2) is 0 Å². The molecule has 0 aliphatic carbocycles. The van der Waals surface area contributed by atoms with Gasteiger partial charge in [-0.05, 0) is 43.0 Å². The van der Waals surface area contributed by atoms with E-state index in [-0.39, 0.29) is 12.0 Å². The van der Waals surface area contributed by atoms with Crippen molar-refractivity contribution in [2.45, 2.75) is 32.2 Å². The summed E-state index contributed by atoms with van der Waals surface area (Å²) < 4.78 is 6.65. The van der Waals surface area contributed by atoms with Crippen LogP contribution in [0.25, 0.3) is 0 Å². The highest BCUT2D eigenvalue weighted by atomic mass is 79.9. The molecule has 1 unspecified atom stereocenters. The number of rotatable bonds is 5. The van der Waals surface area contributed by atoms with Crippen LogP contribution in [0.2, 0.25) is 0 Å². The van der Waals surface area contributed by atoms with Crippen LogP contribution >= 0.6 is 31.9 Å². The van der Waals surface area contributed by atoms with Gasteiger partial charge in [0.2, 0.25) is 0 Å². The van der Waals surface area contributed by atoms with Gasteiger partial charge in [-0.15, -0.1) is 0 Å². The molecule has 5 heteroatoms. The second kappa shape index (κ2) is 7.26. The molecule has 18 heavy (non-hydrogen) atoms. The van der Waals surface area contributed by atoms with Crippen LogP contribution in [0.4, 0.5) is 0 Å². The number of carbonyl (C=O) groups is 1. The van der Waals surface area contributed by atoms with Crippen LogP contribution in [0.5, 0.6) is 0 Å². The van der Waals surface area contributed by atoms with Crippen LogP contribution in [0.1, 0.15) is 36.4 Å². The first kappa shape index (κ1) is 15.7. The van der Waals surface area contributed by atoms with Crippen LogP contribution < -0.4 is 5.73 Å². The third-order valence-corrected chi connectivity index (χ3v) is 4.34. The van der Waals surface area contributed by atoms with Crippen LogP contribution in [-0.2, 0) is 9.53 Å². The van der Waals surface area contributed by atoms with Crippen molar-refractivity contribution in [2.75, 3.05) is 7.11 Å². The summed E-state index contributed by atoms with van der Waals surface area (Å²) in [6.45, 7) is 2.03. The summed E-state index contributed by atoms with van der Waals surface area (Å²) >= 11 is 7.02. The quantitative estimate of drug-likeness (QED) is 0.791. The van der Waals surface area contributed by atoms with E-state index in [0.717, 1.165) is 32.9 Å². The lowest BCUT2D eigenvalue weighted by atomic mass is 10.0. The third kappa shape index (κ3) is 4.37. The maximum absolute atomic E-state index is 11.0. The zero-order valence-corrected chi connectivity index (χ0v) is 13.7. The summed E-state index contributed by atoms with van der Waals surface area (Å²) in [6.07, 6.45) is 1.89. The third-order valence-electron chi connectivity index (χ3n) is 2.80. The van der Waals surface area contributed by atoms with Gasteiger partial charge in [0.1, 0.15) is 0 Å². The average molecular weight is 379 g/mol. The lowest BCUT2D eigenvalue weighted by Crippen LogP contribution is -2.12. The molecule has 0 fully saturated rings. The highest BCUT2D eigenvalue weighted by Crippen LogP contribution is 2.30. The van der Waals surface area contributed by atoms with Crippen molar-refractivity contribution < 1.29 is 9.53 Å². The summed E-state index contributed by atoms with van der Waals surface area (Å²) in [4.78, 5) is 11.0. The molecule has 0 radical (unpaired) electrons. The monoisotopic (exact) mass is 377 g/mol. The number of hydrogen-bond acceptors (Lipinski definition) is 3. The smallest absolute Gasteiger partial charge is 0.305 e. The minimum Gasteiger partial charge on any atom is -0.469 e. The molecular formula is C13H17Br2NO2. The lowest BCUT2D eigenvalue weighted by molar-refractivity contribution is -0.140. The number of benzene rings is 1. The van der Waals surface area contributed by atoms with E-state index in [4.69, 9.17) is 5.73 Å². The Bertz CT molecular complexity index is 435. The minimum absolute atomic E-state index is 0.0825. The van der Waals surface area contributed by atoms with Gasteiger partial charge in [0, 0.05) is 21.4 Å². The minimum atomic E-state index is -0.189. The molecule has 0 amide bonds. The van der Waals surface area contributed by atoms with E-state index in [1.165, 1.54) is 7.11 Å². The molecule has 0 saturated heterocycles. The lowest BCUT2D eigenvalue weighted by Gasteiger charge is -2.15. The molecular weight excluding hydrogens is 362 g/mol. The van der Waals surface area contributed by atoms with E-state index < -0.39 is 0 Å². The molecule has 2 N–H and O–H groups in total. The predicted molar refractivity (Wildman–Crippen MR) is 79.4 cm³/mol. The van der Waals surface area contributed by atoms with E-state index in [0.29, 0.717) is 6.42 Å². The van der Waals surface area contributed by atoms with Gasteiger partial charge in [-0.2, -0.15) is 0 Å². The van der Waals surface area contributed by atoms with Crippen molar-refractivity contribution in [1.29, 1.82) is 0 Å². The molecule has 0 bridgehead atoms. The predicted octanol–water partition coefficient (Wildman–Crippen LogP) is 3.86. The van der Waals surface area contributed by atoms with Crippen LogP contribution in [0, 0.1) is 6.92 Å². The fraction of sp³-hybridized carbons (Fsp3) is 0.462. The maximum atomic E-state index is 11.0. The zero-order chi connectivity index (χ0) is 13.7. The molecule has 0 heterocycles. The Kier molecular flexibility index (Phi) is 6.32. The van der Waals surface area contributed by atoms with E-state index in [2.05, 4.69) is 36.6 Å². The molecule has 0 aliphatic rings. The fourth-order valence-corrected chi connectivity index (χ4v) is 2.78. The molecule has 3 nitrogen and oxygen atoms in total. The molecule has 1 atom stereocenters. The Balaban J connectivity index is 2.64. The molecule has 0 saturated carbocycles. The summed E-state index contributed by atoms with van der Waals surface area (Å²) in [5.74, 6) is -0.189. The van der Waals surface area contributed by atoms with Gasteiger partial charge in [0.25, 0.3) is 0 Å². The van der Waals surface area contributed by atoms with Gasteiger partial charge in [-0.3, -0.25) is 4.79 Å². The molecule has 1 aromatic carbocycles. The molecule has 1 rings (SSSR count). The van der Waals surface area contributed by atoms with Crippen molar-refractivity contribution >= 4 is 37.8 Å². The van der Waals surface area contributed by atoms with Gasteiger partial charge >= 0.3 is 5.97 Å². The van der Waals surface area contributed by atoms with Crippen LogP contribution in [0.3, 0.4) is 0 Å². The molecule has 0 aromatic heterocycles. The number of aryl methyl sites for hydroxylation is 1. The van der Waals surface area contributed by atoms with Crippen molar-refractivity contribution in [3.63, 3.8) is 0 Å². The first-order chi connectivity index (χ1) is 8.45. The first-order valence-electron chi connectivity index (χ1n) is 5.73. The summed E-state index contributed by atoms with van der Waals surface area (Å²) in [5, 5.41) is 0. The van der Waals surface area contributed by atoms with Crippen molar-refractivity contribution in [1.82, 2.24) is 0 Å². The van der Waals surface area contributed by atoms with Gasteiger partial charge in [-0.1, -0.05) is 31.9 Å². The Hall–Kier alpha value is -0.390. The van der Waals surface area contributed by atoms with Crippen LogP contribution in [-0.4, -0.2) is 13.1 Å². The van der Waals surface area contributed by atoms with Gasteiger partial charge in [0.05, 0.1) is 7.11 Å². The Morgan fingerprint density at radius 3 is 2.67 bits per heavy atom. The Labute approximate surface area is 124 Å². The second-order valence-electron chi connectivity index (χ2n) is 4.20. The number of hydrogen-bond donors (Lipinski definition) is 1. The summed E-state index contributed by atoms with van der Waals surface area (Å²) in [5.41, 5.74) is 8.35. The normalized spacial score (nSPS) is 12.3. The molecule has 100 valence electrons. The first-order valence-corrected chi connectivity index (χ1v) is 7.32. The zero-order valence-electron chi connectivity index (χ0n) is 10.5. The average Bonchev–Trinajstić information content (AvgIpc) is 2.33. The number of ether oxygens (including phenoxy) is 1. The van der Waals surface area contributed by atoms with Gasteiger partial charge in [0.15, 0.2) is 0 Å². The largest absolute Gasteiger partial charge is 0.469 e. The van der Waals surface area contributed by atoms with E-state index >= 15 is 0 Å².